The van der Waals surface area contributed by atoms with Crippen LogP contribution in [0.4, 0.5) is 0 Å². The van der Waals surface area contributed by atoms with Gasteiger partial charge in [0, 0.05) is 35.5 Å². The molecule has 2 rings (SSSR count). The second-order valence-corrected chi connectivity index (χ2v) is 7.34. The highest BCUT2D eigenvalue weighted by atomic mass is 16.4. The predicted octanol–water partition coefficient (Wildman–Crippen LogP) is 2.06. The molecular formula is C20H25N5O5. The maximum atomic E-state index is 12.4. The second kappa shape index (κ2) is 11.6. The summed E-state index contributed by atoms with van der Waals surface area (Å²) in [7, 11) is 0. The van der Waals surface area contributed by atoms with Crippen LogP contribution in [0.15, 0.2) is 35.4 Å². The van der Waals surface area contributed by atoms with Crippen molar-refractivity contribution >= 4 is 23.6 Å². The molecule has 2 amide bonds. The van der Waals surface area contributed by atoms with Gasteiger partial charge in [-0.1, -0.05) is 35.4 Å². The minimum atomic E-state index is -1.09. The van der Waals surface area contributed by atoms with Gasteiger partial charge in [0.15, 0.2) is 0 Å². The second-order valence-electron chi connectivity index (χ2n) is 7.34. The molecule has 0 aliphatic heterocycles. The number of nitrogens with zero attached hydrogens (tertiary/aromatic N) is 3. The van der Waals surface area contributed by atoms with Gasteiger partial charge in [-0.15, -0.1) is 0 Å². The highest BCUT2D eigenvalue weighted by molar-refractivity contribution is 6.42. The Hall–Kier alpha value is -3.39. The molecule has 0 aromatic heterocycles. The van der Waals surface area contributed by atoms with Crippen molar-refractivity contribution in [3.05, 3.63) is 46.3 Å². The first-order valence-corrected chi connectivity index (χ1v) is 9.81. The lowest BCUT2D eigenvalue weighted by atomic mass is 9.81. The summed E-state index contributed by atoms with van der Waals surface area (Å²) < 4.78 is 0. The Kier molecular flexibility index (Phi) is 8.83. The van der Waals surface area contributed by atoms with E-state index in [1.807, 2.05) is 0 Å². The molecule has 1 aromatic carbocycles. The van der Waals surface area contributed by atoms with Crippen molar-refractivity contribution in [2.75, 3.05) is 13.1 Å². The van der Waals surface area contributed by atoms with Crippen molar-refractivity contribution in [1.29, 1.82) is 0 Å². The van der Waals surface area contributed by atoms with Gasteiger partial charge < -0.3 is 15.7 Å². The van der Waals surface area contributed by atoms with Crippen molar-refractivity contribution < 1.29 is 24.3 Å². The normalized spacial score (nSPS) is 19.1. The number of benzene rings is 1. The summed E-state index contributed by atoms with van der Waals surface area (Å²) in [5.41, 5.74) is 8.74. The minimum absolute atomic E-state index is 0.120. The molecule has 0 saturated heterocycles. The number of aliphatic carboxylic acids is 1. The molecule has 1 aromatic rings. The van der Waals surface area contributed by atoms with Crippen LogP contribution in [0.1, 0.15) is 42.5 Å². The largest absolute Gasteiger partial charge is 0.481 e. The maximum absolute atomic E-state index is 12.4. The number of Topliss-reactive ketones (excluding diaryl/α,β-unsaturated/α-hetero) is 1. The lowest BCUT2D eigenvalue weighted by Gasteiger charge is -2.29. The van der Waals surface area contributed by atoms with Crippen molar-refractivity contribution in [2.45, 2.75) is 38.1 Å². The summed E-state index contributed by atoms with van der Waals surface area (Å²) in [5.74, 6) is -2.65. The number of hydrogen-bond donors (Lipinski definition) is 3. The fourth-order valence-electron chi connectivity index (χ4n) is 3.49. The number of nitrogens with one attached hydrogen (secondary N) is 2. The van der Waals surface area contributed by atoms with Crippen LogP contribution in [0.2, 0.25) is 0 Å². The number of ketones is 1. The van der Waals surface area contributed by atoms with Gasteiger partial charge in [0.2, 0.25) is 11.7 Å². The van der Waals surface area contributed by atoms with Crippen LogP contribution >= 0.6 is 0 Å². The molecule has 3 N–H and O–H groups in total. The monoisotopic (exact) mass is 415 g/mol. The van der Waals surface area contributed by atoms with E-state index in [9.17, 15) is 19.2 Å². The van der Waals surface area contributed by atoms with E-state index in [4.69, 9.17) is 10.6 Å². The summed E-state index contributed by atoms with van der Waals surface area (Å²) in [6.45, 7) is 0.246. The zero-order valence-electron chi connectivity index (χ0n) is 16.5. The molecular weight excluding hydrogens is 390 g/mol. The predicted molar refractivity (Wildman–Crippen MR) is 107 cm³/mol. The van der Waals surface area contributed by atoms with Crippen LogP contribution in [0, 0.1) is 11.8 Å². The van der Waals surface area contributed by atoms with E-state index in [-0.39, 0.29) is 30.7 Å². The third-order valence-electron chi connectivity index (χ3n) is 5.14. The number of carboxylic acids is 1. The zero-order chi connectivity index (χ0) is 21.9. The molecule has 0 spiro atoms. The molecule has 1 saturated carbocycles. The third-order valence-corrected chi connectivity index (χ3v) is 5.14. The van der Waals surface area contributed by atoms with Gasteiger partial charge in [0.1, 0.15) is 0 Å². The minimum Gasteiger partial charge on any atom is -0.481 e. The van der Waals surface area contributed by atoms with E-state index in [0.717, 1.165) is 0 Å². The molecule has 10 heteroatoms. The fourth-order valence-corrected chi connectivity index (χ4v) is 3.49. The highest BCUT2D eigenvalue weighted by Crippen LogP contribution is 2.28. The van der Waals surface area contributed by atoms with E-state index in [1.54, 1.807) is 30.3 Å². The molecule has 0 heterocycles. The van der Waals surface area contributed by atoms with Crippen LogP contribution in [-0.2, 0) is 14.4 Å². The average molecular weight is 415 g/mol. The van der Waals surface area contributed by atoms with Crippen LogP contribution in [0.3, 0.4) is 0 Å². The van der Waals surface area contributed by atoms with Gasteiger partial charge in [-0.3, -0.25) is 19.2 Å². The van der Waals surface area contributed by atoms with Crippen molar-refractivity contribution in [2.24, 2.45) is 17.0 Å². The standard InChI is InChI=1S/C20H25N5O5/c21-25-23-12-16(10-17(26)27)24-19(29)15-8-6-13(7-9-15)11-22-20(30)18(28)14-4-2-1-3-5-14/h1-5,13,15-16H,6-12H2,(H,22,30)(H,24,29)(H,26,27)/t13?,15?,16-/m0/s1. The first-order valence-electron chi connectivity index (χ1n) is 9.81. The van der Waals surface area contributed by atoms with E-state index in [0.29, 0.717) is 37.8 Å². The molecule has 0 bridgehead atoms. The SMILES string of the molecule is [N-]=[N+]=NC[C@H](CC(=O)O)NC(=O)C1CCC(CNC(=O)C(=O)c2ccccc2)CC1. The Labute approximate surface area is 173 Å². The summed E-state index contributed by atoms with van der Waals surface area (Å²) >= 11 is 0. The Morgan fingerprint density at radius 3 is 2.40 bits per heavy atom. The van der Waals surface area contributed by atoms with E-state index >= 15 is 0 Å². The number of rotatable bonds is 10. The zero-order valence-corrected chi connectivity index (χ0v) is 16.5. The van der Waals surface area contributed by atoms with Crippen LogP contribution in [-0.4, -0.2) is 47.8 Å². The lowest BCUT2D eigenvalue weighted by Crippen LogP contribution is -2.43. The van der Waals surface area contributed by atoms with Gasteiger partial charge in [-0.2, -0.15) is 0 Å². The van der Waals surface area contributed by atoms with E-state index in [1.165, 1.54) is 0 Å². The van der Waals surface area contributed by atoms with Crippen molar-refractivity contribution in [3.8, 4) is 0 Å². The van der Waals surface area contributed by atoms with Gasteiger partial charge in [-0.05, 0) is 37.1 Å². The van der Waals surface area contributed by atoms with E-state index < -0.39 is 23.7 Å². The number of carboxylic acid groups (broad SMARTS) is 1. The van der Waals surface area contributed by atoms with Gasteiger partial charge >= 0.3 is 5.97 Å². The highest BCUT2D eigenvalue weighted by Gasteiger charge is 2.28. The molecule has 10 nitrogen and oxygen atoms in total. The van der Waals surface area contributed by atoms with Crippen LogP contribution in [0.5, 0.6) is 0 Å². The Bertz CT molecular complexity index is 810. The first-order chi connectivity index (χ1) is 14.4. The number of carbonyl (C=O) groups is 4. The Morgan fingerprint density at radius 2 is 1.80 bits per heavy atom. The quantitative estimate of drug-likeness (QED) is 0.175. The van der Waals surface area contributed by atoms with E-state index in [2.05, 4.69) is 20.7 Å². The molecule has 1 aliphatic carbocycles. The number of amides is 2. The third kappa shape index (κ3) is 7.21. The summed E-state index contributed by atoms with van der Waals surface area (Å²) in [4.78, 5) is 50.0. The Balaban J connectivity index is 1.76. The smallest absolute Gasteiger partial charge is 0.305 e. The number of hydrogen-bond acceptors (Lipinski definition) is 5. The number of carbonyl (C=O) groups excluding carboxylic acids is 3. The fraction of sp³-hybridized carbons (Fsp3) is 0.500. The van der Waals surface area contributed by atoms with Crippen molar-refractivity contribution in [1.82, 2.24) is 10.6 Å². The lowest BCUT2D eigenvalue weighted by molar-refractivity contribution is -0.137. The first kappa shape index (κ1) is 22.9. The summed E-state index contributed by atoms with van der Waals surface area (Å²) in [6.07, 6.45) is 2.29. The number of azide groups is 1. The van der Waals surface area contributed by atoms with Gasteiger partial charge in [0.05, 0.1) is 6.42 Å². The van der Waals surface area contributed by atoms with Crippen molar-refractivity contribution in [3.63, 3.8) is 0 Å². The Morgan fingerprint density at radius 1 is 1.13 bits per heavy atom. The molecule has 30 heavy (non-hydrogen) atoms. The summed E-state index contributed by atoms with van der Waals surface area (Å²) in [6, 6.07) is 7.59. The van der Waals surface area contributed by atoms with Crippen LogP contribution in [0.25, 0.3) is 10.4 Å². The molecule has 0 unspecified atom stereocenters. The molecule has 1 atom stereocenters. The maximum Gasteiger partial charge on any atom is 0.305 e. The summed E-state index contributed by atoms with van der Waals surface area (Å²) in [5, 5.41) is 17.6. The molecule has 160 valence electrons. The van der Waals surface area contributed by atoms with Gasteiger partial charge in [-0.25, -0.2) is 0 Å². The van der Waals surface area contributed by atoms with Crippen LogP contribution < -0.4 is 10.6 Å². The molecule has 0 radical (unpaired) electrons. The molecule has 1 fully saturated rings. The topological polar surface area (TPSA) is 161 Å². The van der Waals surface area contributed by atoms with Gasteiger partial charge in [0.25, 0.3) is 5.91 Å². The molecule has 1 aliphatic rings. The average Bonchev–Trinajstić information content (AvgIpc) is 2.75.